The van der Waals surface area contributed by atoms with Crippen LogP contribution in [0.5, 0.6) is 0 Å². The van der Waals surface area contributed by atoms with Crippen LogP contribution >= 0.6 is 0 Å². The second-order valence-corrected chi connectivity index (χ2v) is 13.5. The molecular formula is C46H41N7. The van der Waals surface area contributed by atoms with Gasteiger partial charge in [-0.1, -0.05) is 146 Å². The van der Waals surface area contributed by atoms with E-state index >= 15 is 0 Å². The van der Waals surface area contributed by atoms with Crippen LogP contribution in [-0.4, -0.2) is 12.4 Å². The molecule has 6 N–H and O–H groups in total. The van der Waals surface area contributed by atoms with E-state index in [1.807, 2.05) is 48.5 Å². The van der Waals surface area contributed by atoms with E-state index in [4.69, 9.17) is 10.7 Å². The highest BCUT2D eigenvalue weighted by Crippen LogP contribution is 2.51. The van der Waals surface area contributed by atoms with Gasteiger partial charge >= 0.3 is 0 Å². The molecule has 260 valence electrons. The molecule has 6 aromatic carbocycles. The molecule has 0 fully saturated rings. The van der Waals surface area contributed by atoms with Gasteiger partial charge in [0.1, 0.15) is 24.0 Å². The molecule has 3 heterocycles. The van der Waals surface area contributed by atoms with Crippen LogP contribution in [0, 0.1) is 0 Å². The molecule has 0 amide bonds. The molecule has 53 heavy (non-hydrogen) atoms. The zero-order valence-corrected chi connectivity index (χ0v) is 29.3. The molecule has 0 saturated heterocycles. The van der Waals surface area contributed by atoms with Crippen molar-refractivity contribution in [2.75, 3.05) is 16.8 Å². The molecule has 3 aliphatic rings. The van der Waals surface area contributed by atoms with Gasteiger partial charge in [-0.25, -0.2) is 4.99 Å². The van der Waals surface area contributed by atoms with Gasteiger partial charge in [0.25, 0.3) is 0 Å². The highest BCUT2D eigenvalue weighted by atomic mass is 15.4. The molecule has 0 aromatic heterocycles. The predicted octanol–water partition coefficient (Wildman–Crippen LogP) is 8.71. The van der Waals surface area contributed by atoms with Crippen molar-refractivity contribution < 1.29 is 0 Å². The summed E-state index contributed by atoms with van der Waals surface area (Å²) in [6, 6.07) is 46.6. The number of dihydropyridines is 1. The fraction of sp³-hybridized carbons (Fsp3) is 0.109. The lowest BCUT2D eigenvalue weighted by atomic mass is 9.93. The summed E-state index contributed by atoms with van der Waals surface area (Å²) in [6.07, 6.45) is 10.4. The normalized spacial score (nSPS) is 16.6. The first-order valence-corrected chi connectivity index (χ1v) is 18.2. The van der Waals surface area contributed by atoms with Crippen LogP contribution in [0.3, 0.4) is 0 Å². The largest absolute Gasteiger partial charge is 0.387 e. The van der Waals surface area contributed by atoms with Gasteiger partial charge < -0.3 is 26.6 Å². The van der Waals surface area contributed by atoms with Gasteiger partial charge in [0.2, 0.25) is 0 Å². The first kappa shape index (κ1) is 32.3. The number of rotatable bonds is 9. The standard InChI is InChI=1S/C46H41N7/c47-44(34-11-3-1-4-12-34)52-45(35-13-5-2-6-14-35)50-29-31-18-20-32(21-19-31)33-22-24-36(25-23-33)46-51-42-39-16-8-7-15-37(39)38-26-28-48-30-40(38)43(42)53(46)41-17-9-10-27-49-41/h1-26,28,45-46,48-51H,27,29-30H2,(H2,47,52). The maximum absolute atomic E-state index is 6.44. The monoisotopic (exact) mass is 691 g/mol. The fourth-order valence-electron chi connectivity index (χ4n) is 7.61. The summed E-state index contributed by atoms with van der Waals surface area (Å²) >= 11 is 0. The summed E-state index contributed by atoms with van der Waals surface area (Å²) in [5.41, 5.74) is 18.1. The lowest BCUT2D eigenvalue weighted by Crippen LogP contribution is -2.36. The molecule has 6 aromatic rings. The zero-order valence-electron chi connectivity index (χ0n) is 29.3. The summed E-state index contributed by atoms with van der Waals surface area (Å²) in [4.78, 5) is 7.33. The number of hydrogen-bond donors (Lipinski definition) is 5. The first-order valence-electron chi connectivity index (χ1n) is 18.2. The maximum atomic E-state index is 6.44. The molecule has 0 saturated carbocycles. The Morgan fingerprint density at radius 3 is 2.25 bits per heavy atom. The molecule has 0 bridgehead atoms. The number of allylic oxidation sites excluding steroid dienone is 2. The van der Waals surface area contributed by atoms with Crippen molar-refractivity contribution in [3.05, 3.63) is 197 Å². The number of amidine groups is 1. The smallest absolute Gasteiger partial charge is 0.131 e. The number of nitrogens with zero attached hydrogens (tertiary/aromatic N) is 2. The van der Waals surface area contributed by atoms with Crippen LogP contribution in [-0.2, 0) is 13.1 Å². The average molecular weight is 692 g/mol. The van der Waals surface area contributed by atoms with E-state index in [1.54, 1.807) is 0 Å². The topological polar surface area (TPSA) is 89.7 Å². The zero-order chi connectivity index (χ0) is 35.6. The van der Waals surface area contributed by atoms with E-state index in [-0.39, 0.29) is 12.3 Å². The summed E-state index contributed by atoms with van der Waals surface area (Å²) in [6.45, 7) is 2.22. The molecular weight excluding hydrogens is 651 g/mol. The van der Waals surface area contributed by atoms with Crippen LogP contribution in [0.25, 0.3) is 28.0 Å². The van der Waals surface area contributed by atoms with E-state index in [0.29, 0.717) is 12.4 Å². The molecule has 0 radical (unpaired) electrons. The predicted molar refractivity (Wildman–Crippen MR) is 219 cm³/mol. The van der Waals surface area contributed by atoms with Crippen LogP contribution < -0.4 is 31.9 Å². The van der Waals surface area contributed by atoms with Crippen molar-refractivity contribution >= 4 is 34.1 Å². The molecule has 7 nitrogen and oxygen atoms in total. The minimum atomic E-state index is -0.273. The van der Waals surface area contributed by atoms with Crippen molar-refractivity contribution in [1.29, 1.82) is 0 Å². The molecule has 0 spiro atoms. The summed E-state index contributed by atoms with van der Waals surface area (Å²) in [5.74, 6) is 1.60. The van der Waals surface area contributed by atoms with Crippen molar-refractivity contribution in [3.63, 3.8) is 0 Å². The van der Waals surface area contributed by atoms with Gasteiger partial charge in [-0.2, -0.15) is 0 Å². The van der Waals surface area contributed by atoms with Gasteiger partial charge in [0, 0.05) is 36.1 Å². The summed E-state index contributed by atoms with van der Waals surface area (Å²) < 4.78 is 0. The van der Waals surface area contributed by atoms with Crippen molar-refractivity contribution in [2.24, 2.45) is 10.7 Å². The Kier molecular flexibility index (Phi) is 8.67. The van der Waals surface area contributed by atoms with Crippen LogP contribution in [0.15, 0.2) is 169 Å². The Labute approximate surface area is 310 Å². The van der Waals surface area contributed by atoms with Gasteiger partial charge in [-0.15, -0.1) is 0 Å². The molecule has 7 heteroatoms. The molecule has 2 atom stereocenters. The second-order valence-electron chi connectivity index (χ2n) is 13.5. The average Bonchev–Trinajstić information content (AvgIpc) is 3.65. The third-order valence-corrected chi connectivity index (χ3v) is 10.3. The number of anilines is 2. The highest BCUT2D eigenvalue weighted by Gasteiger charge is 2.37. The van der Waals surface area contributed by atoms with Gasteiger partial charge in [-0.05, 0) is 57.1 Å². The third-order valence-electron chi connectivity index (χ3n) is 10.3. The molecule has 2 unspecified atom stereocenters. The third kappa shape index (κ3) is 6.32. The van der Waals surface area contributed by atoms with Crippen molar-refractivity contribution in [2.45, 2.75) is 25.4 Å². The number of nitrogens with two attached hydrogens (primary N) is 1. The molecule has 3 aliphatic heterocycles. The van der Waals surface area contributed by atoms with E-state index < -0.39 is 0 Å². The Morgan fingerprint density at radius 1 is 0.811 bits per heavy atom. The van der Waals surface area contributed by atoms with E-state index in [0.717, 1.165) is 30.0 Å². The van der Waals surface area contributed by atoms with Crippen molar-refractivity contribution in [1.82, 2.24) is 16.0 Å². The van der Waals surface area contributed by atoms with Crippen LogP contribution in [0.2, 0.25) is 0 Å². The fourth-order valence-corrected chi connectivity index (χ4v) is 7.61. The lowest BCUT2D eigenvalue weighted by molar-refractivity contribution is 0.554. The van der Waals surface area contributed by atoms with E-state index in [2.05, 4.69) is 142 Å². The van der Waals surface area contributed by atoms with Crippen LogP contribution in [0.1, 0.15) is 45.7 Å². The number of aliphatic imine (C=N–C) groups is 1. The lowest BCUT2D eigenvalue weighted by Gasteiger charge is -2.32. The van der Waals surface area contributed by atoms with Crippen molar-refractivity contribution in [3.8, 4) is 11.1 Å². The SMILES string of the molecule is N/C(=N\C(NCc1ccc(-c2ccc(C3Nc4c(c5c(c6ccccc46)C=CNC5)N3C3=CC=CCN3)cc2)cc1)c1ccccc1)c1ccccc1. The van der Waals surface area contributed by atoms with E-state index in [9.17, 15) is 0 Å². The number of benzene rings is 6. The Bertz CT molecular complexity index is 2380. The Hall–Kier alpha value is -6.57. The number of hydrogen-bond acceptors (Lipinski definition) is 6. The van der Waals surface area contributed by atoms with Gasteiger partial charge in [0.05, 0.1) is 11.4 Å². The number of nitrogens with one attached hydrogen (secondary N) is 4. The quantitative estimate of drug-likeness (QED) is 0.0770. The Balaban J connectivity index is 0.967. The minimum absolute atomic E-state index is 0.0743. The van der Waals surface area contributed by atoms with Gasteiger partial charge in [0.15, 0.2) is 0 Å². The van der Waals surface area contributed by atoms with Crippen LogP contribution in [0.4, 0.5) is 11.4 Å². The highest BCUT2D eigenvalue weighted by molar-refractivity contribution is 6.09. The maximum Gasteiger partial charge on any atom is 0.131 e. The van der Waals surface area contributed by atoms with Gasteiger partial charge in [-0.3, -0.25) is 5.32 Å². The second kappa shape index (κ2) is 14.2. The summed E-state index contributed by atoms with van der Waals surface area (Å²) in [5, 5.41) is 17.2. The van der Waals surface area contributed by atoms with E-state index in [1.165, 1.54) is 55.5 Å². The Morgan fingerprint density at radius 2 is 1.51 bits per heavy atom. The minimum Gasteiger partial charge on any atom is -0.387 e. The first-order chi connectivity index (χ1) is 26.2. The molecule has 9 rings (SSSR count). The number of fused-ring (bicyclic) bond motifs is 6. The molecule has 0 aliphatic carbocycles. The summed E-state index contributed by atoms with van der Waals surface area (Å²) in [7, 11) is 0.